The van der Waals surface area contributed by atoms with Crippen LogP contribution >= 0.6 is 10.6 Å². The lowest BCUT2D eigenvalue weighted by Crippen LogP contribution is -2.19. The van der Waals surface area contributed by atoms with Crippen molar-refractivity contribution < 1.29 is 13.9 Å². The van der Waals surface area contributed by atoms with Gasteiger partial charge in [-0.25, -0.2) is 0 Å². The largest absolute Gasteiger partial charge is 0.366 e. The molecule has 0 radical (unpaired) electrons. The molecule has 0 saturated carbocycles. The number of amides is 1. The first-order valence-electron chi connectivity index (χ1n) is 9.07. The number of nitrogens with two attached hydrogens (primary N) is 1. The second-order valence-electron chi connectivity index (χ2n) is 7.20. The lowest BCUT2D eigenvalue weighted by molar-refractivity contribution is 0.100. The molecule has 1 saturated heterocycles. The predicted molar refractivity (Wildman–Crippen MR) is 112 cm³/mol. The number of carbonyl (C=O) groups is 1. The molecule has 1 amide bonds. The molecule has 4 rings (SSSR count). The third-order valence-electron chi connectivity index (χ3n) is 5.47. The van der Waals surface area contributed by atoms with Crippen LogP contribution in [0.3, 0.4) is 0 Å². The molecule has 6 nitrogen and oxygen atoms in total. The highest BCUT2D eigenvalue weighted by molar-refractivity contribution is 8.24. The number of hydrogen-bond acceptors (Lipinski definition) is 4. The number of carbonyl (C=O) groups excluding carboxylic acids is 1. The van der Waals surface area contributed by atoms with Gasteiger partial charge in [0.2, 0.25) is 0 Å². The summed E-state index contributed by atoms with van der Waals surface area (Å²) in [5.41, 5.74) is 9.78. The Balaban J connectivity index is 1.88. The van der Waals surface area contributed by atoms with E-state index in [-0.39, 0.29) is 5.92 Å². The molecule has 0 bridgehead atoms. The number of nitriles is 1. The minimum absolute atomic E-state index is 0.177. The molecular weight excluding hydrogens is 374 g/mol. The van der Waals surface area contributed by atoms with Crippen molar-refractivity contribution in [3.05, 3.63) is 59.3 Å². The molecule has 1 aromatic heterocycles. The van der Waals surface area contributed by atoms with Crippen LogP contribution in [0.5, 0.6) is 0 Å². The lowest BCUT2D eigenvalue weighted by Gasteiger charge is -2.39. The maximum absolute atomic E-state index is 12.1. The second-order valence-corrected chi connectivity index (χ2v) is 9.62. The molecule has 28 heavy (non-hydrogen) atoms. The monoisotopic (exact) mass is 395 g/mol. The van der Waals surface area contributed by atoms with Crippen LogP contribution in [0.4, 0.5) is 0 Å². The Bertz CT molecular complexity index is 1100. The van der Waals surface area contributed by atoms with E-state index in [0.29, 0.717) is 41.0 Å². The summed E-state index contributed by atoms with van der Waals surface area (Å²) in [5, 5.41) is 10.3. The number of nitrogens with one attached hydrogen (secondary N) is 1. The molecular formula is C21H21N3O3S. The van der Waals surface area contributed by atoms with Gasteiger partial charge in [0.25, 0.3) is 5.91 Å². The van der Waals surface area contributed by atoms with Gasteiger partial charge < -0.3 is 10.7 Å². The van der Waals surface area contributed by atoms with Crippen LogP contribution in [-0.4, -0.2) is 31.5 Å². The number of benzene rings is 2. The lowest BCUT2D eigenvalue weighted by atomic mass is 9.90. The number of fused-ring (bicyclic) bond motifs is 1. The third-order valence-corrected chi connectivity index (χ3v) is 7.25. The minimum Gasteiger partial charge on any atom is -0.366 e. The van der Waals surface area contributed by atoms with Crippen LogP contribution in [0.2, 0.25) is 0 Å². The maximum Gasteiger partial charge on any atom is 0.250 e. The van der Waals surface area contributed by atoms with Gasteiger partial charge in [0, 0.05) is 23.1 Å². The molecule has 1 aliphatic rings. The Kier molecular flexibility index (Phi) is 4.63. The average molecular weight is 395 g/mol. The molecule has 3 aromatic rings. The van der Waals surface area contributed by atoms with Gasteiger partial charge in [0.05, 0.1) is 22.7 Å². The van der Waals surface area contributed by atoms with Gasteiger partial charge in [-0.15, -0.1) is 0 Å². The van der Waals surface area contributed by atoms with Crippen molar-refractivity contribution in [2.45, 2.75) is 18.8 Å². The van der Waals surface area contributed by atoms with Crippen LogP contribution in [0.15, 0.2) is 42.6 Å². The van der Waals surface area contributed by atoms with Crippen molar-refractivity contribution in [2.75, 3.05) is 11.5 Å². The normalized spacial score (nSPS) is 17.9. The molecule has 144 valence electrons. The fraction of sp³-hybridized carbons (Fsp3) is 0.238. The molecule has 0 atom stereocenters. The molecule has 2 aromatic carbocycles. The molecule has 7 heteroatoms. The van der Waals surface area contributed by atoms with Crippen LogP contribution in [-0.2, 0) is 0 Å². The van der Waals surface area contributed by atoms with Crippen molar-refractivity contribution in [3.8, 4) is 17.2 Å². The van der Waals surface area contributed by atoms with Crippen molar-refractivity contribution in [3.63, 3.8) is 0 Å². The molecule has 1 aliphatic heterocycles. The highest BCUT2D eigenvalue weighted by Gasteiger charge is 2.27. The minimum atomic E-state index is -2.46. The zero-order chi connectivity index (χ0) is 19.9. The summed E-state index contributed by atoms with van der Waals surface area (Å²) in [5.74, 6) is 0.428. The number of hydrogen-bond donors (Lipinski definition) is 4. The highest BCUT2D eigenvalue weighted by atomic mass is 32.3. The number of rotatable bonds is 3. The van der Waals surface area contributed by atoms with E-state index in [1.54, 1.807) is 18.2 Å². The summed E-state index contributed by atoms with van der Waals surface area (Å²) in [6.07, 6.45) is 3.25. The summed E-state index contributed by atoms with van der Waals surface area (Å²) < 4.78 is 19.8. The van der Waals surface area contributed by atoms with Gasteiger partial charge in [0.1, 0.15) is 0 Å². The quantitative estimate of drug-likeness (QED) is 0.523. The summed E-state index contributed by atoms with van der Waals surface area (Å²) in [6, 6.07) is 13.2. The summed E-state index contributed by atoms with van der Waals surface area (Å²) in [6.45, 7) is 0. The van der Waals surface area contributed by atoms with E-state index in [4.69, 9.17) is 5.73 Å². The van der Waals surface area contributed by atoms with E-state index in [9.17, 15) is 19.2 Å². The van der Waals surface area contributed by atoms with Crippen molar-refractivity contribution in [1.82, 2.24) is 4.98 Å². The zero-order valence-electron chi connectivity index (χ0n) is 15.2. The molecule has 0 aliphatic carbocycles. The Labute approximate surface area is 164 Å². The number of H-pyrrole nitrogens is 1. The van der Waals surface area contributed by atoms with Gasteiger partial charge in [-0.1, -0.05) is 18.2 Å². The Morgan fingerprint density at radius 3 is 2.61 bits per heavy atom. The fourth-order valence-corrected chi connectivity index (χ4v) is 5.52. The van der Waals surface area contributed by atoms with Gasteiger partial charge in [-0.05, 0) is 53.6 Å². The SMILES string of the molecule is N#Cc1ccccc1-c1cc(C(N)=O)c2[nH]cc(C3CCS(O)(O)CC3)c2c1. The first kappa shape index (κ1) is 18.6. The molecule has 1 fully saturated rings. The topological polar surface area (TPSA) is 123 Å². The van der Waals surface area contributed by atoms with E-state index in [1.807, 2.05) is 24.4 Å². The van der Waals surface area contributed by atoms with Crippen molar-refractivity contribution in [1.29, 1.82) is 5.26 Å². The number of aromatic nitrogens is 1. The van der Waals surface area contributed by atoms with Crippen molar-refractivity contribution >= 4 is 27.4 Å². The number of aromatic amines is 1. The summed E-state index contributed by atoms with van der Waals surface area (Å²) >= 11 is 0. The number of nitrogens with zero attached hydrogens (tertiary/aromatic N) is 1. The predicted octanol–water partition coefficient (Wildman–Crippen LogP) is 4.43. The zero-order valence-corrected chi connectivity index (χ0v) is 16.0. The number of primary amides is 1. The van der Waals surface area contributed by atoms with Crippen LogP contribution in [0, 0.1) is 11.3 Å². The van der Waals surface area contributed by atoms with Gasteiger partial charge in [-0.2, -0.15) is 15.9 Å². The van der Waals surface area contributed by atoms with Crippen LogP contribution < -0.4 is 5.73 Å². The maximum atomic E-state index is 12.1. The van der Waals surface area contributed by atoms with E-state index in [1.165, 1.54) is 0 Å². The molecule has 5 N–H and O–H groups in total. The Morgan fingerprint density at radius 1 is 1.21 bits per heavy atom. The van der Waals surface area contributed by atoms with Crippen LogP contribution in [0.1, 0.15) is 40.2 Å². The van der Waals surface area contributed by atoms with E-state index in [0.717, 1.165) is 22.1 Å². The molecule has 2 heterocycles. The second kappa shape index (κ2) is 6.99. The third kappa shape index (κ3) is 3.27. The van der Waals surface area contributed by atoms with Gasteiger partial charge in [-0.3, -0.25) is 13.9 Å². The smallest absolute Gasteiger partial charge is 0.250 e. The van der Waals surface area contributed by atoms with Crippen LogP contribution in [0.25, 0.3) is 22.0 Å². The van der Waals surface area contributed by atoms with E-state index < -0.39 is 16.5 Å². The Morgan fingerprint density at radius 2 is 1.93 bits per heavy atom. The average Bonchev–Trinajstić information content (AvgIpc) is 3.11. The summed E-state index contributed by atoms with van der Waals surface area (Å²) in [7, 11) is -2.46. The molecule has 0 spiro atoms. The van der Waals surface area contributed by atoms with Gasteiger partial charge in [0.15, 0.2) is 0 Å². The standard InChI is InChI=1S/C21H21N3O3S/c22-11-14-3-1-2-4-16(14)15-9-17-19(13-5-7-28(26,27)8-6-13)12-24-20(17)18(10-15)21(23)25/h1-4,9-10,12-13,24,26-27H,5-8H2,(H2,23,25). The summed E-state index contributed by atoms with van der Waals surface area (Å²) in [4.78, 5) is 15.3. The van der Waals surface area contributed by atoms with E-state index >= 15 is 0 Å². The fourth-order valence-electron chi connectivity index (χ4n) is 3.99. The van der Waals surface area contributed by atoms with E-state index in [2.05, 4.69) is 11.1 Å². The van der Waals surface area contributed by atoms with Crippen molar-refractivity contribution in [2.24, 2.45) is 5.73 Å². The molecule has 0 unspecified atom stereocenters. The Hall–Kier alpha value is -2.79. The highest BCUT2D eigenvalue weighted by Crippen LogP contribution is 2.49. The first-order valence-corrected chi connectivity index (χ1v) is 11.0. The first-order chi connectivity index (χ1) is 13.4. The van der Waals surface area contributed by atoms with Gasteiger partial charge >= 0.3 is 0 Å².